The van der Waals surface area contributed by atoms with Crippen LogP contribution in [0.5, 0.6) is 0 Å². The van der Waals surface area contributed by atoms with Crippen molar-refractivity contribution in [2.75, 3.05) is 0 Å². The highest BCUT2D eigenvalue weighted by Crippen LogP contribution is 2.23. The van der Waals surface area contributed by atoms with Gasteiger partial charge in [-0.05, 0) is 31.5 Å². The molecule has 0 radical (unpaired) electrons. The van der Waals surface area contributed by atoms with Gasteiger partial charge in [0.2, 0.25) is 0 Å². The van der Waals surface area contributed by atoms with E-state index in [1.807, 2.05) is 74.5 Å². The van der Waals surface area contributed by atoms with Crippen LogP contribution in [0.2, 0.25) is 0 Å². The molecule has 0 aliphatic rings. The first-order chi connectivity index (χ1) is 11.1. The van der Waals surface area contributed by atoms with Gasteiger partial charge >= 0.3 is 6.03 Å². The fourth-order valence-corrected chi connectivity index (χ4v) is 2.55. The molecule has 0 saturated heterocycles. The molecule has 1 heterocycles. The van der Waals surface area contributed by atoms with Crippen molar-refractivity contribution in [1.82, 2.24) is 10.6 Å². The van der Waals surface area contributed by atoms with Gasteiger partial charge in [-0.3, -0.25) is 0 Å². The molecule has 0 aliphatic heterocycles. The van der Waals surface area contributed by atoms with E-state index in [1.165, 1.54) is 0 Å². The summed E-state index contributed by atoms with van der Waals surface area (Å²) in [4.78, 5) is 12.2. The largest absolute Gasteiger partial charge is 0.459 e. The van der Waals surface area contributed by atoms with Crippen LogP contribution < -0.4 is 10.6 Å². The van der Waals surface area contributed by atoms with Gasteiger partial charge in [-0.15, -0.1) is 0 Å². The van der Waals surface area contributed by atoms with E-state index in [-0.39, 0.29) is 18.1 Å². The molecule has 2 atom stereocenters. The molecule has 1 aromatic heterocycles. The van der Waals surface area contributed by atoms with E-state index >= 15 is 0 Å². The van der Waals surface area contributed by atoms with Gasteiger partial charge in [-0.1, -0.05) is 48.5 Å². The zero-order chi connectivity index (χ0) is 16.2. The highest BCUT2D eigenvalue weighted by molar-refractivity contribution is 5.78. The third-order valence-corrected chi connectivity index (χ3v) is 3.87. The molecule has 3 aromatic rings. The standard InChI is InChI=1S/C19H20N2O2/c1-13(15-8-4-3-5-9-15)20-19(22)21-14(2)18-12-16-10-6-7-11-17(16)23-18/h3-14H,1-2H3,(H2,20,21,22)/t13-,14-/m0/s1. The summed E-state index contributed by atoms with van der Waals surface area (Å²) in [5, 5.41) is 6.89. The average Bonchev–Trinajstić information content (AvgIpc) is 2.99. The monoisotopic (exact) mass is 308 g/mol. The molecule has 2 amide bonds. The lowest BCUT2D eigenvalue weighted by Crippen LogP contribution is -2.38. The topological polar surface area (TPSA) is 54.3 Å². The van der Waals surface area contributed by atoms with E-state index in [4.69, 9.17) is 4.42 Å². The Bertz CT molecular complexity index is 762. The Morgan fingerprint density at radius 3 is 2.30 bits per heavy atom. The molecule has 3 rings (SSSR count). The van der Waals surface area contributed by atoms with E-state index in [9.17, 15) is 4.79 Å². The van der Waals surface area contributed by atoms with Crippen molar-refractivity contribution in [2.45, 2.75) is 25.9 Å². The van der Waals surface area contributed by atoms with Crippen molar-refractivity contribution in [2.24, 2.45) is 0 Å². The maximum Gasteiger partial charge on any atom is 0.315 e. The molecule has 23 heavy (non-hydrogen) atoms. The average molecular weight is 308 g/mol. The number of urea groups is 1. The van der Waals surface area contributed by atoms with Gasteiger partial charge in [-0.25, -0.2) is 4.79 Å². The highest BCUT2D eigenvalue weighted by atomic mass is 16.3. The quantitative estimate of drug-likeness (QED) is 0.742. The van der Waals surface area contributed by atoms with Crippen molar-refractivity contribution in [3.63, 3.8) is 0 Å². The summed E-state index contributed by atoms with van der Waals surface area (Å²) >= 11 is 0. The van der Waals surface area contributed by atoms with Crippen LogP contribution in [0.3, 0.4) is 0 Å². The van der Waals surface area contributed by atoms with Crippen LogP contribution in [0, 0.1) is 0 Å². The molecular weight excluding hydrogens is 288 g/mol. The van der Waals surface area contributed by atoms with Crippen LogP contribution in [0.15, 0.2) is 65.1 Å². The van der Waals surface area contributed by atoms with Crippen LogP contribution in [-0.2, 0) is 0 Å². The molecule has 4 heteroatoms. The SMILES string of the molecule is C[C@H](NC(=O)N[C@@H](C)c1cc2ccccc2o1)c1ccccc1. The number of carbonyl (C=O) groups excluding carboxylic acids is 1. The number of benzene rings is 2. The highest BCUT2D eigenvalue weighted by Gasteiger charge is 2.15. The molecule has 0 fully saturated rings. The zero-order valence-corrected chi connectivity index (χ0v) is 13.2. The van der Waals surface area contributed by atoms with Gasteiger partial charge in [0.1, 0.15) is 11.3 Å². The second kappa shape index (κ2) is 6.57. The number of hydrogen-bond donors (Lipinski definition) is 2. The van der Waals surface area contributed by atoms with Gasteiger partial charge in [0.25, 0.3) is 0 Å². The molecule has 0 bridgehead atoms. The summed E-state index contributed by atoms with van der Waals surface area (Å²) in [6.45, 7) is 3.87. The van der Waals surface area contributed by atoms with Crippen LogP contribution >= 0.6 is 0 Å². The van der Waals surface area contributed by atoms with E-state index in [1.54, 1.807) is 0 Å². The molecule has 2 N–H and O–H groups in total. The summed E-state index contributed by atoms with van der Waals surface area (Å²) in [5.41, 5.74) is 1.90. The second-order valence-electron chi connectivity index (χ2n) is 5.66. The molecule has 4 nitrogen and oxygen atoms in total. The Kier molecular flexibility index (Phi) is 4.33. The number of hydrogen-bond acceptors (Lipinski definition) is 2. The van der Waals surface area contributed by atoms with E-state index in [0.29, 0.717) is 0 Å². The van der Waals surface area contributed by atoms with Crippen LogP contribution in [0.1, 0.15) is 37.3 Å². The molecule has 0 aliphatic carbocycles. The van der Waals surface area contributed by atoms with Gasteiger partial charge in [-0.2, -0.15) is 0 Å². The second-order valence-corrected chi connectivity index (χ2v) is 5.66. The third kappa shape index (κ3) is 3.54. The molecule has 0 spiro atoms. The minimum absolute atomic E-state index is 0.0564. The van der Waals surface area contributed by atoms with E-state index in [0.717, 1.165) is 22.3 Å². The molecular formula is C19H20N2O2. The van der Waals surface area contributed by atoms with Crippen molar-refractivity contribution < 1.29 is 9.21 Å². The first-order valence-electron chi connectivity index (χ1n) is 7.74. The third-order valence-electron chi connectivity index (χ3n) is 3.87. The number of amides is 2. The summed E-state index contributed by atoms with van der Waals surface area (Å²) in [7, 11) is 0. The Balaban J connectivity index is 1.63. The van der Waals surface area contributed by atoms with Gasteiger partial charge in [0.15, 0.2) is 0 Å². The number of furan rings is 1. The van der Waals surface area contributed by atoms with Crippen molar-refractivity contribution in [1.29, 1.82) is 0 Å². The van der Waals surface area contributed by atoms with Crippen molar-refractivity contribution >= 4 is 17.0 Å². The first kappa shape index (κ1) is 15.2. The van der Waals surface area contributed by atoms with Crippen molar-refractivity contribution in [3.8, 4) is 0 Å². The summed E-state index contributed by atoms with van der Waals surface area (Å²) in [5.74, 6) is 0.744. The van der Waals surface area contributed by atoms with E-state index < -0.39 is 0 Å². The number of nitrogens with one attached hydrogen (secondary N) is 2. The molecule has 2 aromatic carbocycles. The number of fused-ring (bicyclic) bond motifs is 1. The maximum atomic E-state index is 12.2. The number of carbonyl (C=O) groups is 1. The van der Waals surface area contributed by atoms with Gasteiger partial charge in [0.05, 0.1) is 12.1 Å². The van der Waals surface area contributed by atoms with E-state index in [2.05, 4.69) is 10.6 Å². The lowest BCUT2D eigenvalue weighted by atomic mass is 10.1. The Labute approximate surface area is 135 Å². The maximum absolute atomic E-state index is 12.2. The predicted molar refractivity (Wildman–Crippen MR) is 91.2 cm³/mol. The summed E-state index contributed by atoms with van der Waals surface area (Å²) < 4.78 is 5.78. The lowest BCUT2D eigenvalue weighted by Gasteiger charge is -2.17. The molecule has 0 saturated carbocycles. The van der Waals surface area contributed by atoms with Gasteiger partial charge in [0, 0.05) is 5.39 Å². The molecule has 118 valence electrons. The van der Waals surface area contributed by atoms with Crippen LogP contribution in [0.25, 0.3) is 11.0 Å². The lowest BCUT2D eigenvalue weighted by molar-refractivity contribution is 0.233. The van der Waals surface area contributed by atoms with Crippen LogP contribution in [-0.4, -0.2) is 6.03 Å². The Morgan fingerprint density at radius 1 is 0.913 bits per heavy atom. The number of rotatable bonds is 4. The fraction of sp³-hybridized carbons (Fsp3) is 0.211. The smallest absolute Gasteiger partial charge is 0.315 e. The summed E-state index contributed by atoms with van der Waals surface area (Å²) in [6, 6.07) is 19.2. The predicted octanol–water partition coefficient (Wildman–Crippen LogP) is 4.55. The van der Waals surface area contributed by atoms with Crippen LogP contribution in [0.4, 0.5) is 4.79 Å². The van der Waals surface area contributed by atoms with Crippen molar-refractivity contribution in [3.05, 3.63) is 72.0 Å². The Morgan fingerprint density at radius 2 is 1.57 bits per heavy atom. The number of para-hydroxylation sites is 1. The van der Waals surface area contributed by atoms with Gasteiger partial charge < -0.3 is 15.1 Å². The minimum Gasteiger partial charge on any atom is -0.459 e. The molecule has 0 unspecified atom stereocenters. The zero-order valence-electron chi connectivity index (χ0n) is 13.2. The minimum atomic E-state index is -0.214. The normalized spacial score (nSPS) is 13.5. The summed E-state index contributed by atoms with van der Waals surface area (Å²) in [6.07, 6.45) is 0. The first-order valence-corrected chi connectivity index (χ1v) is 7.74. The Hall–Kier alpha value is -2.75. The fourth-order valence-electron chi connectivity index (χ4n) is 2.55.